The zero-order chi connectivity index (χ0) is 18.4. The van der Waals surface area contributed by atoms with Gasteiger partial charge in [0.05, 0.1) is 12.1 Å². The summed E-state index contributed by atoms with van der Waals surface area (Å²) < 4.78 is 0. The maximum Gasteiger partial charge on any atom is 0.315 e. The van der Waals surface area contributed by atoms with Crippen LogP contribution in [0.25, 0.3) is 0 Å². The fourth-order valence-electron chi connectivity index (χ4n) is 3.16. The highest BCUT2D eigenvalue weighted by atomic mass is 32.2. The first kappa shape index (κ1) is 19.9. The molecule has 142 valence electrons. The number of amides is 4. The Kier molecular flexibility index (Phi) is 6.98. The van der Waals surface area contributed by atoms with Gasteiger partial charge in [0.15, 0.2) is 0 Å². The van der Waals surface area contributed by atoms with Gasteiger partial charge in [-0.25, -0.2) is 4.79 Å². The van der Waals surface area contributed by atoms with Crippen LogP contribution in [-0.4, -0.2) is 53.0 Å². The van der Waals surface area contributed by atoms with E-state index in [9.17, 15) is 14.4 Å². The Labute approximate surface area is 153 Å². The topological polar surface area (TPSA) is 99.3 Å². The molecule has 2 aliphatic heterocycles. The second kappa shape index (κ2) is 8.78. The van der Waals surface area contributed by atoms with E-state index in [2.05, 4.69) is 21.3 Å². The normalized spacial score (nSPS) is 25.1. The number of carbonyl (C=O) groups excluding carboxylic acids is 3. The molecule has 7 nitrogen and oxygen atoms in total. The smallest absolute Gasteiger partial charge is 0.315 e. The number of fused-ring (bicyclic) bond motifs is 1. The minimum atomic E-state index is -0.243. The summed E-state index contributed by atoms with van der Waals surface area (Å²) in [7, 11) is 0. The van der Waals surface area contributed by atoms with Gasteiger partial charge in [-0.3, -0.25) is 9.59 Å². The van der Waals surface area contributed by atoms with Crippen molar-refractivity contribution in [1.82, 2.24) is 21.3 Å². The highest BCUT2D eigenvalue weighted by Crippen LogP contribution is 2.33. The van der Waals surface area contributed by atoms with Crippen LogP contribution in [0.2, 0.25) is 0 Å². The van der Waals surface area contributed by atoms with Crippen molar-refractivity contribution in [3.05, 3.63) is 0 Å². The summed E-state index contributed by atoms with van der Waals surface area (Å²) >= 11 is 1.89. The van der Waals surface area contributed by atoms with Crippen molar-refractivity contribution in [2.24, 2.45) is 0 Å². The second-order valence-corrected chi connectivity index (χ2v) is 9.04. The lowest BCUT2D eigenvalue weighted by Gasteiger charge is -2.20. The summed E-state index contributed by atoms with van der Waals surface area (Å²) in [6.45, 7) is 6.17. The van der Waals surface area contributed by atoms with Gasteiger partial charge >= 0.3 is 6.03 Å². The molecule has 3 unspecified atom stereocenters. The van der Waals surface area contributed by atoms with Crippen LogP contribution < -0.4 is 21.3 Å². The number of thioether (sulfide) groups is 1. The molecule has 2 aliphatic rings. The van der Waals surface area contributed by atoms with Gasteiger partial charge in [-0.05, 0) is 33.6 Å². The van der Waals surface area contributed by atoms with E-state index in [1.165, 1.54) is 0 Å². The van der Waals surface area contributed by atoms with Crippen molar-refractivity contribution >= 4 is 29.6 Å². The Morgan fingerprint density at radius 1 is 1.16 bits per heavy atom. The predicted molar refractivity (Wildman–Crippen MR) is 99.5 cm³/mol. The van der Waals surface area contributed by atoms with E-state index >= 15 is 0 Å². The number of carbonyl (C=O) groups is 3. The van der Waals surface area contributed by atoms with Gasteiger partial charge < -0.3 is 21.3 Å². The van der Waals surface area contributed by atoms with Crippen LogP contribution in [0.3, 0.4) is 0 Å². The second-order valence-electron chi connectivity index (χ2n) is 7.77. The Bertz CT molecular complexity index is 507. The molecule has 2 rings (SSSR count). The quantitative estimate of drug-likeness (QED) is 0.380. The molecular formula is C17H30N4O3S. The average Bonchev–Trinajstić information content (AvgIpc) is 3.01. The molecule has 0 saturated carbocycles. The number of urea groups is 1. The third-order valence-corrected chi connectivity index (χ3v) is 5.78. The summed E-state index contributed by atoms with van der Waals surface area (Å²) in [5, 5.41) is 12.0. The van der Waals surface area contributed by atoms with E-state index in [-0.39, 0.29) is 35.5 Å². The van der Waals surface area contributed by atoms with E-state index in [1.54, 1.807) is 0 Å². The SMILES string of the molecule is CC(C)(C)NC(=O)CCNC(=O)CCCCC1SCC2NC(=O)NC21. The fraction of sp³-hybridized carbons (Fsp3) is 0.824. The van der Waals surface area contributed by atoms with E-state index < -0.39 is 0 Å². The maximum atomic E-state index is 11.8. The van der Waals surface area contributed by atoms with Gasteiger partial charge in [0.1, 0.15) is 0 Å². The lowest BCUT2D eigenvalue weighted by Crippen LogP contribution is -2.41. The molecule has 0 spiro atoms. The van der Waals surface area contributed by atoms with Crippen LogP contribution in [0, 0.1) is 0 Å². The zero-order valence-electron chi connectivity index (χ0n) is 15.3. The molecule has 4 N–H and O–H groups in total. The molecule has 4 amide bonds. The third kappa shape index (κ3) is 6.76. The van der Waals surface area contributed by atoms with Crippen LogP contribution >= 0.6 is 11.8 Å². The average molecular weight is 371 g/mol. The predicted octanol–water partition coefficient (Wildman–Crippen LogP) is 1.13. The number of hydrogen-bond acceptors (Lipinski definition) is 4. The molecule has 0 aromatic rings. The highest BCUT2D eigenvalue weighted by molar-refractivity contribution is 8.00. The number of nitrogens with one attached hydrogen (secondary N) is 4. The minimum absolute atomic E-state index is 0.00338. The number of unbranched alkanes of at least 4 members (excludes halogenated alkanes) is 1. The molecule has 0 aromatic carbocycles. The van der Waals surface area contributed by atoms with E-state index in [4.69, 9.17) is 0 Å². The van der Waals surface area contributed by atoms with Crippen molar-refractivity contribution in [1.29, 1.82) is 0 Å². The molecule has 0 aliphatic carbocycles. The van der Waals surface area contributed by atoms with Crippen LogP contribution in [-0.2, 0) is 9.59 Å². The van der Waals surface area contributed by atoms with Crippen LogP contribution in [0.1, 0.15) is 52.9 Å². The Morgan fingerprint density at radius 2 is 1.92 bits per heavy atom. The fourth-order valence-corrected chi connectivity index (χ4v) is 4.70. The third-order valence-electron chi connectivity index (χ3n) is 4.27. The molecule has 0 aromatic heterocycles. The standard InChI is InChI=1S/C17H30N4O3S/c1-17(2,3)21-14(23)8-9-18-13(22)7-5-4-6-12-15-11(10-25-12)19-16(24)20-15/h11-12,15H,4-10H2,1-3H3,(H,18,22)(H,21,23)(H2,19,20,24). The molecular weight excluding hydrogens is 340 g/mol. The van der Waals surface area contributed by atoms with Crippen LogP contribution in [0.4, 0.5) is 4.79 Å². The zero-order valence-corrected chi connectivity index (χ0v) is 16.1. The van der Waals surface area contributed by atoms with E-state index in [1.807, 2.05) is 32.5 Å². The van der Waals surface area contributed by atoms with Crippen molar-refractivity contribution in [2.75, 3.05) is 12.3 Å². The highest BCUT2D eigenvalue weighted by Gasteiger charge is 2.42. The molecule has 2 saturated heterocycles. The molecule has 3 atom stereocenters. The van der Waals surface area contributed by atoms with Crippen LogP contribution in [0.5, 0.6) is 0 Å². The summed E-state index contributed by atoms with van der Waals surface area (Å²) in [4.78, 5) is 34.8. The molecule has 25 heavy (non-hydrogen) atoms. The molecule has 2 fully saturated rings. The van der Waals surface area contributed by atoms with Gasteiger partial charge in [-0.15, -0.1) is 0 Å². The van der Waals surface area contributed by atoms with Gasteiger partial charge in [0.2, 0.25) is 11.8 Å². The Morgan fingerprint density at radius 3 is 2.64 bits per heavy atom. The Hall–Kier alpha value is -1.44. The first-order valence-electron chi connectivity index (χ1n) is 9.01. The minimum Gasteiger partial charge on any atom is -0.356 e. The van der Waals surface area contributed by atoms with Gasteiger partial charge in [0, 0.05) is 35.9 Å². The molecule has 2 heterocycles. The van der Waals surface area contributed by atoms with Crippen molar-refractivity contribution in [2.45, 2.75) is 75.7 Å². The lowest BCUT2D eigenvalue weighted by molar-refractivity contribution is -0.123. The van der Waals surface area contributed by atoms with Crippen molar-refractivity contribution in [3.8, 4) is 0 Å². The molecule has 8 heteroatoms. The van der Waals surface area contributed by atoms with E-state index in [0.29, 0.717) is 24.6 Å². The largest absolute Gasteiger partial charge is 0.356 e. The summed E-state index contributed by atoms with van der Waals surface area (Å²) in [5.41, 5.74) is -0.243. The van der Waals surface area contributed by atoms with Gasteiger partial charge in [-0.1, -0.05) is 6.42 Å². The van der Waals surface area contributed by atoms with Crippen LogP contribution in [0.15, 0.2) is 0 Å². The Balaban J connectivity index is 1.51. The van der Waals surface area contributed by atoms with Crippen molar-refractivity contribution < 1.29 is 14.4 Å². The molecule has 0 radical (unpaired) electrons. The molecule has 0 bridgehead atoms. The first-order chi connectivity index (χ1) is 11.7. The summed E-state index contributed by atoms with van der Waals surface area (Å²) in [6, 6.07) is 0.424. The van der Waals surface area contributed by atoms with Crippen molar-refractivity contribution in [3.63, 3.8) is 0 Å². The van der Waals surface area contributed by atoms with Gasteiger partial charge in [0.25, 0.3) is 0 Å². The maximum absolute atomic E-state index is 11.8. The number of hydrogen-bond donors (Lipinski definition) is 4. The van der Waals surface area contributed by atoms with E-state index in [0.717, 1.165) is 25.0 Å². The monoisotopic (exact) mass is 370 g/mol. The van der Waals surface area contributed by atoms with Gasteiger partial charge in [-0.2, -0.15) is 11.8 Å². The number of rotatable bonds is 8. The summed E-state index contributed by atoms with van der Waals surface area (Å²) in [5.74, 6) is 0.912. The lowest BCUT2D eigenvalue weighted by atomic mass is 10.0. The first-order valence-corrected chi connectivity index (χ1v) is 10.1. The summed E-state index contributed by atoms with van der Waals surface area (Å²) in [6.07, 6.45) is 3.59.